The molecular formula is C25H25N7O2. The van der Waals surface area contributed by atoms with Crippen LogP contribution in [0.1, 0.15) is 16.9 Å². The van der Waals surface area contributed by atoms with Crippen molar-refractivity contribution in [2.45, 2.75) is 6.42 Å². The Balaban J connectivity index is 1.25. The summed E-state index contributed by atoms with van der Waals surface area (Å²) in [5.74, 6) is 0.661. The minimum absolute atomic E-state index is 0.276. The number of ether oxygens (including phenoxy) is 1. The molecule has 0 spiro atoms. The zero-order valence-corrected chi connectivity index (χ0v) is 18.7. The van der Waals surface area contributed by atoms with Gasteiger partial charge in [0.25, 0.3) is 5.91 Å². The summed E-state index contributed by atoms with van der Waals surface area (Å²) in [6.07, 6.45) is 6.61. The summed E-state index contributed by atoms with van der Waals surface area (Å²) in [4.78, 5) is 26.4. The monoisotopic (exact) mass is 455 g/mol. The Kier molecular flexibility index (Phi) is 5.31. The largest absolute Gasteiger partial charge is 0.378 e. The van der Waals surface area contributed by atoms with Gasteiger partial charge < -0.3 is 19.9 Å². The average molecular weight is 456 g/mol. The van der Waals surface area contributed by atoms with Crippen molar-refractivity contribution in [3.8, 4) is 11.1 Å². The van der Waals surface area contributed by atoms with Gasteiger partial charge in [-0.15, -0.1) is 0 Å². The van der Waals surface area contributed by atoms with E-state index in [-0.39, 0.29) is 5.91 Å². The number of aromatic nitrogens is 4. The van der Waals surface area contributed by atoms with E-state index in [1.54, 1.807) is 6.20 Å². The smallest absolute Gasteiger partial charge is 0.276 e. The van der Waals surface area contributed by atoms with Crippen molar-refractivity contribution in [2.24, 2.45) is 0 Å². The van der Waals surface area contributed by atoms with Crippen LogP contribution in [0, 0.1) is 0 Å². The molecule has 0 saturated carbocycles. The lowest BCUT2D eigenvalue weighted by Crippen LogP contribution is -2.37. The first kappa shape index (κ1) is 20.6. The van der Waals surface area contributed by atoms with Gasteiger partial charge >= 0.3 is 0 Å². The molecule has 2 aliphatic heterocycles. The average Bonchev–Trinajstić information content (AvgIpc) is 3.28. The summed E-state index contributed by atoms with van der Waals surface area (Å²) < 4.78 is 5.46. The van der Waals surface area contributed by atoms with Crippen LogP contribution in [0.3, 0.4) is 0 Å². The second-order valence-corrected chi connectivity index (χ2v) is 8.56. The van der Waals surface area contributed by atoms with Gasteiger partial charge in [0.2, 0.25) is 0 Å². The fourth-order valence-corrected chi connectivity index (χ4v) is 4.33. The highest BCUT2D eigenvalue weighted by atomic mass is 16.5. The predicted octanol–water partition coefficient (Wildman–Crippen LogP) is 3.32. The third-order valence-corrected chi connectivity index (χ3v) is 6.40. The lowest BCUT2D eigenvalue weighted by atomic mass is 10.0. The van der Waals surface area contributed by atoms with E-state index in [1.165, 1.54) is 6.42 Å². The van der Waals surface area contributed by atoms with Crippen molar-refractivity contribution in [2.75, 3.05) is 54.5 Å². The number of hydrogen-bond acceptors (Lipinski definition) is 7. The number of carbonyl (C=O) groups excluding carboxylic acids is 1. The molecule has 5 heterocycles. The number of carbonyl (C=O) groups is 1. The number of anilines is 3. The maximum atomic E-state index is 13.0. The number of pyridine rings is 2. The molecule has 3 aromatic heterocycles. The second-order valence-electron chi connectivity index (χ2n) is 8.56. The third-order valence-electron chi connectivity index (χ3n) is 6.40. The van der Waals surface area contributed by atoms with Crippen molar-refractivity contribution in [3.05, 3.63) is 60.7 Å². The molecule has 0 atom stereocenters. The van der Waals surface area contributed by atoms with E-state index in [0.717, 1.165) is 72.9 Å². The van der Waals surface area contributed by atoms with E-state index < -0.39 is 0 Å². The minimum atomic E-state index is -0.276. The number of nitrogens with one attached hydrogen (secondary N) is 2. The summed E-state index contributed by atoms with van der Waals surface area (Å²) in [6.45, 7) is 5.21. The first-order chi connectivity index (χ1) is 16.7. The quantitative estimate of drug-likeness (QED) is 0.476. The van der Waals surface area contributed by atoms with Gasteiger partial charge in [0.1, 0.15) is 5.82 Å². The van der Waals surface area contributed by atoms with Gasteiger partial charge in [0.15, 0.2) is 5.69 Å². The normalized spacial score (nSPS) is 15.9. The van der Waals surface area contributed by atoms with Crippen LogP contribution in [0.5, 0.6) is 0 Å². The summed E-state index contributed by atoms with van der Waals surface area (Å²) in [7, 11) is 0. The van der Waals surface area contributed by atoms with E-state index in [2.05, 4.69) is 41.3 Å². The predicted molar refractivity (Wildman–Crippen MR) is 131 cm³/mol. The number of fused-ring (bicyclic) bond motifs is 1. The zero-order chi connectivity index (χ0) is 22.9. The Hall–Kier alpha value is -3.98. The molecule has 2 aliphatic rings. The molecule has 0 bridgehead atoms. The van der Waals surface area contributed by atoms with Gasteiger partial charge in [-0.05, 0) is 42.3 Å². The van der Waals surface area contributed by atoms with Crippen LogP contribution >= 0.6 is 0 Å². The Labute approximate surface area is 196 Å². The summed E-state index contributed by atoms with van der Waals surface area (Å²) in [5, 5.41) is 10.9. The van der Waals surface area contributed by atoms with Crippen molar-refractivity contribution < 1.29 is 9.53 Å². The highest BCUT2D eigenvalue weighted by molar-refractivity contribution is 6.11. The number of morpholine rings is 1. The lowest BCUT2D eigenvalue weighted by molar-refractivity contribution is 0.102. The lowest BCUT2D eigenvalue weighted by Gasteiger charge is -2.31. The highest BCUT2D eigenvalue weighted by Crippen LogP contribution is 2.28. The van der Waals surface area contributed by atoms with E-state index in [0.29, 0.717) is 11.4 Å². The molecule has 9 nitrogen and oxygen atoms in total. The second kappa shape index (κ2) is 8.75. The van der Waals surface area contributed by atoms with E-state index >= 15 is 0 Å². The third kappa shape index (κ3) is 3.94. The molecule has 4 aromatic rings. The number of rotatable bonds is 5. The molecule has 0 aliphatic carbocycles. The van der Waals surface area contributed by atoms with Crippen molar-refractivity contribution in [3.63, 3.8) is 0 Å². The molecule has 0 unspecified atom stereocenters. The van der Waals surface area contributed by atoms with Gasteiger partial charge in [0, 0.05) is 43.3 Å². The van der Waals surface area contributed by atoms with E-state index in [1.807, 2.05) is 42.7 Å². The van der Waals surface area contributed by atoms with Gasteiger partial charge in [-0.2, -0.15) is 5.10 Å². The molecule has 0 radical (unpaired) electrons. The SMILES string of the molecule is O=C(Nc1ccc(N2CCC2)nc1)c1n[nH]c2ccc(-c3cncc(N4CCOCC4)c3)cc12. The number of aromatic amines is 1. The first-order valence-electron chi connectivity index (χ1n) is 11.5. The molecule has 1 aromatic carbocycles. The van der Waals surface area contributed by atoms with Gasteiger partial charge in [-0.1, -0.05) is 6.07 Å². The molecule has 172 valence electrons. The number of nitrogens with zero attached hydrogens (tertiary/aromatic N) is 5. The molecule has 2 saturated heterocycles. The van der Waals surface area contributed by atoms with Crippen LogP contribution in [0.15, 0.2) is 55.0 Å². The molecule has 9 heteroatoms. The fourth-order valence-electron chi connectivity index (χ4n) is 4.33. The topological polar surface area (TPSA) is 99.3 Å². The van der Waals surface area contributed by atoms with Crippen LogP contribution < -0.4 is 15.1 Å². The Morgan fingerprint density at radius 1 is 0.941 bits per heavy atom. The van der Waals surface area contributed by atoms with Gasteiger partial charge in [0.05, 0.1) is 42.5 Å². The first-order valence-corrected chi connectivity index (χ1v) is 11.5. The summed E-state index contributed by atoms with van der Waals surface area (Å²) >= 11 is 0. The Morgan fingerprint density at radius 3 is 2.59 bits per heavy atom. The Morgan fingerprint density at radius 2 is 1.82 bits per heavy atom. The van der Waals surface area contributed by atoms with Crippen molar-refractivity contribution in [1.82, 2.24) is 20.2 Å². The molecule has 2 fully saturated rings. The van der Waals surface area contributed by atoms with Crippen LogP contribution in [0.4, 0.5) is 17.2 Å². The molecule has 6 rings (SSSR count). The van der Waals surface area contributed by atoms with Gasteiger partial charge in [-0.25, -0.2) is 4.98 Å². The van der Waals surface area contributed by atoms with Crippen LogP contribution in [-0.4, -0.2) is 65.5 Å². The standard InChI is InChI=1S/C25H25N7O2/c33-25(28-19-3-5-23(27-15-19)32-6-1-7-32)24-21-13-17(2-4-22(21)29-30-24)18-12-20(16-26-14-18)31-8-10-34-11-9-31/h2-5,12-16H,1,6-11H2,(H,28,33)(H,29,30). The maximum Gasteiger partial charge on any atom is 0.276 e. The van der Waals surface area contributed by atoms with Crippen molar-refractivity contribution in [1.29, 1.82) is 0 Å². The maximum absolute atomic E-state index is 13.0. The van der Waals surface area contributed by atoms with Crippen molar-refractivity contribution >= 4 is 34.0 Å². The summed E-state index contributed by atoms with van der Waals surface area (Å²) in [6, 6.07) is 11.9. The van der Waals surface area contributed by atoms with Gasteiger partial charge in [-0.3, -0.25) is 14.9 Å². The number of H-pyrrole nitrogens is 1. The zero-order valence-electron chi connectivity index (χ0n) is 18.7. The highest BCUT2D eigenvalue weighted by Gasteiger charge is 2.18. The van der Waals surface area contributed by atoms with E-state index in [9.17, 15) is 4.79 Å². The molecule has 34 heavy (non-hydrogen) atoms. The van der Waals surface area contributed by atoms with Crippen LogP contribution in [0.2, 0.25) is 0 Å². The molecular weight excluding hydrogens is 430 g/mol. The van der Waals surface area contributed by atoms with Crippen LogP contribution in [-0.2, 0) is 4.74 Å². The number of hydrogen-bond donors (Lipinski definition) is 2. The van der Waals surface area contributed by atoms with Crippen LogP contribution in [0.25, 0.3) is 22.0 Å². The molecule has 1 amide bonds. The van der Waals surface area contributed by atoms with E-state index in [4.69, 9.17) is 4.74 Å². The minimum Gasteiger partial charge on any atom is -0.378 e. The summed E-state index contributed by atoms with van der Waals surface area (Å²) in [5.41, 5.74) is 4.83. The number of benzene rings is 1. The molecule has 2 N–H and O–H groups in total. The Bertz CT molecular complexity index is 1320. The number of amides is 1. The fraction of sp³-hybridized carbons (Fsp3) is 0.280.